The Hall–Kier alpha value is -0.0500. The van der Waals surface area contributed by atoms with Gasteiger partial charge in [0.2, 0.25) is 5.91 Å². The van der Waals surface area contributed by atoms with Crippen LogP contribution in [-0.4, -0.2) is 29.7 Å². The molecule has 0 rings (SSSR count). The van der Waals surface area contributed by atoms with Crippen molar-refractivity contribution in [1.29, 1.82) is 0 Å². The zero-order chi connectivity index (χ0) is 9.78. The van der Waals surface area contributed by atoms with E-state index in [9.17, 15) is 4.79 Å². The van der Waals surface area contributed by atoms with Gasteiger partial charge in [0.15, 0.2) is 0 Å². The van der Waals surface area contributed by atoms with E-state index in [1.165, 1.54) is 0 Å². The smallest absolute Gasteiger partial charge is 0.227 e. The summed E-state index contributed by atoms with van der Waals surface area (Å²) in [5.41, 5.74) is -0.249. The van der Waals surface area contributed by atoms with Gasteiger partial charge in [-0.25, -0.2) is 0 Å². The number of halogens is 1. The summed E-state index contributed by atoms with van der Waals surface area (Å²) in [6.07, 6.45) is 1.01. The van der Waals surface area contributed by atoms with Crippen molar-refractivity contribution in [2.45, 2.75) is 27.2 Å². The van der Waals surface area contributed by atoms with Gasteiger partial charge in [-0.3, -0.25) is 4.79 Å². The molecule has 0 aliphatic rings. The number of amides is 1. The minimum Gasteiger partial charge on any atom is -0.345 e. The highest BCUT2D eigenvalue weighted by atomic mass is 79.9. The van der Waals surface area contributed by atoms with E-state index in [2.05, 4.69) is 15.9 Å². The average Bonchev–Trinajstić information content (AvgIpc) is 1.97. The summed E-state index contributed by atoms with van der Waals surface area (Å²) in [6, 6.07) is 0. The van der Waals surface area contributed by atoms with Crippen LogP contribution in [0.5, 0.6) is 0 Å². The molecule has 0 bridgehead atoms. The SMILES string of the molecule is CN(CCCBr)C(=O)C(C)(C)C. The van der Waals surface area contributed by atoms with Gasteiger partial charge < -0.3 is 4.90 Å². The maximum absolute atomic E-state index is 11.6. The van der Waals surface area contributed by atoms with Crippen molar-refractivity contribution in [2.75, 3.05) is 18.9 Å². The molecular formula is C9H18BrNO. The standard InChI is InChI=1S/C9H18BrNO/c1-9(2,3)8(12)11(4)7-5-6-10/h5-7H2,1-4H3. The van der Waals surface area contributed by atoms with Gasteiger partial charge in [-0.05, 0) is 6.42 Å². The fourth-order valence-electron chi connectivity index (χ4n) is 0.971. The van der Waals surface area contributed by atoms with Gasteiger partial charge in [0.25, 0.3) is 0 Å². The van der Waals surface area contributed by atoms with Gasteiger partial charge in [-0.2, -0.15) is 0 Å². The fraction of sp³-hybridized carbons (Fsp3) is 0.889. The molecule has 0 spiro atoms. The van der Waals surface area contributed by atoms with E-state index in [1.807, 2.05) is 27.8 Å². The van der Waals surface area contributed by atoms with Crippen LogP contribution in [0.25, 0.3) is 0 Å². The van der Waals surface area contributed by atoms with Crippen LogP contribution >= 0.6 is 15.9 Å². The lowest BCUT2D eigenvalue weighted by molar-refractivity contribution is -0.138. The maximum atomic E-state index is 11.6. The van der Waals surface area contributed by atoms with Crippen molar-refractivity contribution >= 4 is 21.8 Å². The molecule has 0 fully saturated rings. The monoisotopic (exact) mass is 235 g/mol. The van der Waals surface area contributed by atoms with Gasteiger partial charge in [0.1, 0.15) is 0 Å². The molecule has 12 heavy (non-hydrogen) atoms. The lowest BCUT2D eigenvalue weighted by Crippen LogP contribution is -2.37. The first-order valence-corrected chi connectivity index (χ1v) is 5.33. The first-order valence-electron chi connectivity index (χ1n) is 4.21. The molecule has 0 aromatic rings. The number of hydrogen-bond acceptors (Lipinski definition) is 1. The van der Waals surface area contributed by atoms with Crippen LogP contribution in [-0.2, 0) is 4.79 Å². The second kappa shape index (κ2) is 4.85. The Balaban J connectivity index is 3.94. The van der Waals surface area contributed by atoms with E-state index in [-0.39, 0.29) is 11.3 Å². The first-order chi connectivity index (χ1) is 5.39. The normalized spacial score (nSPS) is 11.4. The highest BCUT2D eigenvalue weighted by Crippen LogP contribution is 2.16. The van der Waals surface area contributed by atoms with Crippen molar-refractivity contribution in [3.63, 3.8) is 0 Å². The van der Waals surface area contributed by atoms with Gasteiger partial charge >= 0.3 is 0 Å². The van der Waals surface area contributed by atoms with E-state index < -0.39 is 0 Å². The molecule has 0 aliphatic heterocycles. The van der Waals surface area contributed by atoms with E-state index in [1.54, 1.807) is 4.90 Å². The van der Waals surface area contributed by atoms with Crippen LogP contribution < -0.4 is 0 Å². The van der Waals surface area contributed by atoms with Crippen LogP contribution in [0.3, 0.4) is 0 Å². The Kier molecular flexibility index (Phi) is 4.83. The van der Waals surface area contributed by atoms with Crippen LogP contribution in [0.4, 0.5) is 0 Å². The lowest BCUT2D eigenvalue weighted by Gasteiger charge is -2.25. The molecule has 0 atom stereocenters. The van der Waals surface area contributed by atoms with E-state index in [0.29, 0.717) is 0 Å². The van der Waals surface area contributed by atoms with Crippen molar-refractivity contribution in [3.8, 4) is 0 Å². The van der Waals surface area contributed by atoms with Gasteiger partial charge in [-0.1, -0.05) is 36.7 Å². The largest absolute Gasteiger partial charge is 0.345 e. The summed E-state index contributed by atoms with van der Waals surface area (Å²) in [4.78, 5) is 13.4. The van der Waals surface area contributed by atoms with Crippen molar-refractivity contribution in [3.05, 3.63) is 0 Å². The summed E-state index contributed by atoms with van der Waals surface area (Å²) in [6.45, 7) is 6.67. The second-order valence-electron chi connectivity index (χ2n) is 4.02. The Labute approximate surface area is 83.4 Å². The molecule has 3 heteroatoms. The van der Waals surface area contributed by atoms with Crippen molar-refractivity contribution < 1.29 is 4.79 Å². The Morgan fingerprint density at radius 1 is 1.42 bits per heavy atom. The summed E-state index contributed by atoms with van der Waals surface area (Å²) in [5, 5.41) is 0.953. The lowest BCUT2D eigenvalue weighted by atomic mass is 9.95. The molecule has 0 saturated carbocycles. The Bertz CT molecular complexity index is 151. The Morgan fingerprint density at radius 2 is 1.92 bits per heavy atom. The van der Waals surface area contributed by atoms with E-state index in [4.69, 9.17) is 0 Å². The minimum absolute atomic E-state index is 0.212. The average molecular weight is 236 g/mol. The number of hydrogen-bond donors (Lipinski definition) is 0. The molecular weight excluding hydrogens is 218 g/mol. The zero-order valence-electron chi connectivity index (χ0n) is 8.35. The Morgan fingerprint density at radius 3 is 2.25 bits per heavy atom. The quantitative estimate of drug-likeness (QED) is 0.688. The summed E-state index contributed by atoms with van der Waals surface area (Å²) >= 11 is 3.34. The van der Waals surface area contributed by atoms with Crippen LogP contribution in [0.2, 0.25) is 0 Å². The molecule has 1 amide bonds. The van der Waals surface area contributed by atoms with Crippen LogP contribution in [0.15, 0.2) is 0 Å². The van der Waals surface area contributed by atoms with E-state index in [0.717, 1.165) is 18.3 Å². The molecule has 0 heterocycles. The molecule has 72 valence electrons. The van der Waals surface area contributed by atoms with Gasteiger partial charge in [0.05, 0.1) is 0 Å². The predicted octanol–water partition coefficient (Wildman–Crippen LogP) is 2.28. The molecule has 0 aromatic heterocycles. The minimum atomic E-state index is -0.249. The molecule has 0 N–H and O–H groups in total. The third kappa shape index (κ3) is 4.10. The predicted molar refractivity (Wildman–Crippen MR) is 55.5 cm³/mol. The third-order valence-corrected chi connectivity index (χ3v) is 2.18. The summed E-state index contributed by atoms with van der Waals surface area (Å²) < 4.78 is 0. The van der Waals surface area contributed by atoms with Gasteiger partial charge in [0, 0.05) is 24.3 Å². The highest BCUT2D eigenvalue weighted by molar-refractivity contribution is 9.09. The molecule has 2 nitrogen and oxygen atoms in total. The highest BCUT2D eigenvalue weighted by Gasteiger charge is 2.24. The van der Waals surface area contributed by atoms with Crippen LogP contribution in [0.1, 0.15) is 27.2 Å². The third-order valence-electron chi connectivity index (χ3n) is 1.62. The molecule has 0 unspecified atom stereocenters. The number of carbonyl (C=O) groups is 1. The summed E-state index contributed by atoms with van der Waals surface area (Å²) in [7, 11) is 1.86. The van der Waals surface area contributed by atoms with Crippen molar-refractivity contribution in [1.82, 2.24) is 4.90 Å². The maximum Gasteiger partial charge on any atom is 0.227 e. The number of nitrogens with zero attached hydrogens (tertiary/aromatic N) is 1. The van der Waals surface area contributed by atoms with Gasteiger partial charge in [-0.15, -0.1) is 0 Å². The summed E-state index contributed by atoms with van der Waals surface area (Å²) in [5.74, 6) is 0.212. The number of rotatable bonds is 3. The molecule has 0 radical (unpaired) electrons. The van der Waals surface area contributed by atoms with Crippen molar-refractivity contribution in [2.24, 2.45) is 5.41 Å². The molecule has 0 saturated heterocycles. The number of alkyl halides is 1. The molecule has 0 aromatic carbocycles. The fourth-order valence-corrected chi connectivity index (χ4v) is 1.22. The topological polar surface area (TPSA) is 20.3 Å². The zero-order valence-corrected chi connectivity index (χ0v) is 9.94. The van der Waals surface area contributed by atoms with Crippen LogP contribution in [0, 0.1) is 5.41 Å². The first kappa shape index (κ1) is 11.9. The van der Waals surface area contributed by atoms with E-state index >= 15 is 0 Å². The second-order valence-corrected chi connectivity index (χ2v) is 4.81. The number of carbonyl (C=O) groups excluding carboxylic acids is 1. The molecule has 0 aliphatic carbocycles.